The van der Waals surface area contributed by atoms with E-state index in [1.54, 1.807) is 0 Å². The van der Waals surface area contributed by atoms with Gasteiger partial charge in [-0.25, -0.2) is 0 Å². The highest BCUT2D eigenvalue weighted by Gasteiger charge is 2.33. The second-order valence-corrected chi connectivity index (χ2v) is 7.91. The fourth-order valence-corrected chi connectivity index (χ4v) is 3.93. The molecule has 8 nitrogen and oxygen atoms in total. The Hall–Kier alpha value is -2.00. The van der Waals surface area contributed by atoms with E-state index in [-0.39, 0.29) is 37.0 Å². The monoisotopic (exact) mass is 419 g/mol. The van der Waals surface area contributed by atoms with E-state index in [2.05, 4.69) is 15.5 Å². The van der Waals surface area contributed by atoms with Gasteiger partial charge in [-0.1, -0.05) is 30.3 Å². The molecule has 0 spiro atoms. The van der Waals surface area contributed by atoms with Crippen LogP contribution in [0.5, 0.6) is 0 Å². The molecular formula is C22H33N3O5. The maximum Gasteiger partial charge on any atom is 0.234 e. The summed E-state index contributed by atoms with van der Waals surface area (Å²) in [7, 11) is 0. The van der Waals surface area contributed by atoms with Gasteiger partial charge in [-0.2, -0.15) is 0 Å². The molecule has 0 aliphatic carbocycles. The number of ether oxygens (including phenoxy) is 2. The number of benzene rings is 1. The minimum atomic E-state index is -0.491. The molecule has 0 radical (unpaired) electrons. The van der Waals surface area contributed by atoms with Crippen LogP contribution in [0.1, 0.15) is 24.8 Å². The van der Waals surface area contributed by atoms with Crippen molar-refractivity contribution in [2.24, 2.45) is 0 Å². The number of amides is 2. The summed E-state index contributed by atoms with van der Waals surface area (Å²) >= 11 is 0. The summed E-state index contributed by atoms with van der Waals surface area (Å²) in [5, 5.41) is 15.6. The van der Waals surface area contributed by atoms with E-state index >= 15 is 0 Å². The molecule has 0 saturated carbocycles. The van der Waals surface area contributed by atoms with E-state index in [4.69, 9.17) is 9.47 Å². The van der Waals surface area contributed by atoms with Crippen molar-refractivity contribution in [3.05, 3.63) is 35.9 Å². The van der Waals surface area contributed by atoms with E-state index in [1.165, 1.54) is 5.56 Å². The molecule has 2 aliphatic rings. The van der Waals surface area contributed by atoms with Crippen LogP contribution in [0.25, 0.3) is 0 Å². The number of aliphatic hydroxyl groups excluding tert-OH is 1. The molecule has 0 unspecified atom stereocenters. The van der Waals surface area contributed by atoms with Gasteiger partial charge in [0.05, 0.1) is 44.9 Å². The van der Waals surface area contributed by atoms with E-state index in [0.29, 0.717) is 39.1 Å². The summed E-state index contributed by atoms with van der Waals surface area (Å²) in [6, 6.07) is 9.78. The first kappa shape index (κ1) is 22.7. The number of rotatable bonds is 9. The summed E-state index contributed by atoms with van der Waals surface area (Å²) in [5.74, 6) is -0.122. The molecule has 2 saturated heterocycles. The lowest BCUT2D eigenvalue weighted by Gasteiger charge is -2.36. The summed E-state index contributed by atoms with van der Waals surface area (Å²) in [6.45, 7) is 3.51. The Labute approximate surface area is 177 Å². The first-order valence-electron chi connectivity index (χ1n) is 10.8. The normalized spacial score (nSPS) is 24.9. The molecule has 8 heteroatoms. The lowest BCUT2D eigenvalue weighted by atomic mass is 9.97. The number of aliphatic hydroxyl groups is 1. The topological polar surface area (TPSA) is 100 Å². The van der Waals surface area contributed by atoms with Gasteiger partial charge >= 0.3 is 0 Å². The zero-order valence-electron chi connectivity index (χ0n) is 17.4. The van der Waals surface area contributed by atoms with Crippen LogP contribution >= 0.6 is 0 Å². The lowest BCUT2D eigenvalue weighted by Crippen LogP contribution is -2.53. The minimum Gasteiger partial charge on any atom is -0.394 e. The standard InChI is InChI=1S/C22H33N3O5/c26-16-20-19(24-22(28)15-25-10-12-29-13-11-25)7-6-18(30-20)14-21(27)23-9-8-17-4-2-1-3-5-17/h1-5,18-20,26H,6-16H2,(H,23,27)(H,24,28)/t18-,19+,20+/m1/s1. The second kappa shape index (κ2) is 12.0. The molecule has 2 aliphatic heterocycles. The highest BCUT2D eigenvalue weighted by Crippen LogP contribution is 2.22. The third-order valence-electron chi connectivity index (χ3n) is 5.60. The smallest absolute Gasteiger partial charge is 0.234 e. The van der Waals surface area contributed by atoms with Crippen LogP contribution in [0, 0.1) is 0 Å². The fraction of sp³-hybridized carbons (Fsp3) is 0.636. The molecule has 2 amide bonds. The molecule has 2 fully saturated rings. The average molecular weight is 420 g/mol. The molecule has 2 heterocycles. The largest absolute Gasteiger partial charge is 0.394 e. The van der Waals surface area contributed by atoms with Gasteiger partial charge in [-0.05, 0) is 24.8 Å². The molecule has 3 rings (SSSR count). The third-order valence-corrected chi connectivity index (χ3v) is 5.60. The highest BCUT2D eigenvalue weighted by molar-refractivity contribution is 5.78. The van der Waals surface area contributed by atoms with Crippen LogP contribution in [-0.2, 0) is 25.5 Å². The van der Waals surface area contributed by atoms with Crippen molar-refractivity contribution in [2.45, 2.75) is 43.9 Å². The molecule has 166 valence electrons. The molecule has 3 N–H and O–H groups in total. The SMILES string of the molecule is O=C(C[C@H]1CC[C@H](NC(=O)CN2CCOCC2)[C@H](CO)O1)NCCc1ccccc1. The number of hydrogen-bond donors (Lipinski definition) is 3. The van der Waals surface area contributed by atoms with Gasteiger partial charge in [0.2, 0.25) is 11.8 Å². The molecule has 0 aromatic heterocycles. The quantitative estimate of drug-likeness (QED) is 0.525. The number of carbonyl (C=O) groups excluding carboxylic acids is 2. The minimum absolute atomic E-state index is 0.0533. The Bertz CT molecular complexity index is 666. The Morgan fingerprint density at radius 3 is 2.60 bits per heavy atom. The van der Waals surface area contributed by atoms with Gasteiger partial charge in [0.1, 0.15) is 6.10 Å². The fourth-order valence-electron chi connectivity index (χ4n) is 3.93. The van der Waals surface area contributed by atoms with Crippen LogP contribution in [-0.4, -0.2) is 86.1 Å². The van der Waals surface area contributed by atoms with Gasteiger partial charge in [-0.15, -0.1) is 0 Å². The highest BCUT2D eigenvalue weighted by atomic mass is 16.5. The number of carbonyl (C=O) groups is 2. The second-order valence-electron chi connectivity index (χ2n) is 7.91. The Morgan fingerprint density at radius 1 is 1.10 bits per heavy atom. The first-order chi connectivity index (χ1) is 14.6. The van der Waals surface area contributed by atoms with Gasteiger partial charge in [0.25, 0.3) is 0 Å². The molecule has 3 atom stereocenters. The van der Waals surface area contributed by atoms with E-state index < -0.39 is 6.10 Å². The van der Waals surface area contributed by atoms with Crippen molar-refractivity contribution < 1.29 is 24.2 Å². The third kappa shape index (κ3) is 7.36. The van der Waals surface area contributed by atoms with Crippen molar-refractivity contribution in [3.8, 4) is 0 Å². The van der Waals surface area contributed by atoms with Gasteiger partial charge in [0.15, 0.2) is 0 Å². The van der Waals surface area contributed by atoms with Crippen molar-refractivity contribution >= 4 is 11.8 Å². The molecule has 1 aromatic rings. The van der Waals surface area contributed by atoms with E-state index in [9.17, 15) is 14.7 Å². The van der Waals surface area contributed by atoms with Crippen molar-refractivity contribution in [1.29, 1.82) is 0 Å². The van der Waals surface area contributed by atoms with Crippen molar-refractivity contribution in [2.75, 3.05) is 46.0 Å². The first-order valence-corrected chi connectivity index (χ1v) is 10.8. The molecule has 0 bridgehead atoms. The van der Waals surface area contributed by atoms with Crippen LogP contribution in [0.2, 0.25) is 0 Å². The van der Waals surface area contributed by atoms with Crippen LogP contribution in [0.15, 0.2) is 30.3 Å². The Balaban J connectivity index is 1.36. The van der Waals surface area contributed by atoms with E-state index in [1.807, 2.05) is 30.3 Å². The maximum absolute atomic E-state index is 12.3. The lowest BCUT2D eigenvalue weighted by molar-refractivity contribution is -0.136. The van der Waals surface area contributed by atoms with Gasteiger partial charge in [-0.3, -0.25) is 14.5 Å². The number of nitrogens with one attached hydrogen (secondary N) is 2. The van der Waals surface area contributed by atoms with Gasteiger partial charge < -0.3 is 25.2 Å². The van der Waals surface area contributed by atoms with Crippen LogP contribution in [0.3, 0.4) is 0 Å². The van der Waals surface area contributed by atoms with Crippen molar-refractivity contribution in [3.63, 3.8) is 0 Å². The summed E-state index contributed by atoms with van der Waals surface area (Å²) in [6.07, 6.45) is 1.67. The Kier molecular flexibility index (Phi) is 9.07. The predicted molar refractivity (Wildman–Crippen MR) is 112 cm³/mol. The van der Waals surface area contributed by atoms with Gasteiger partial charge in [0, 0.05) is 19.6 Å². The molecule has 30 heavy (non-hydrogen) atoms. The predicted octanol–water partition coefficient (Wildman–Crippen LogP) is 0.0923. The zero-order chi connectivity index (χ0) is 21.2. The molecule has 1 aromatic carbocycles. The molecular weight excluding hydrogens is 386 g/mol. The summed E-state index contributed by atoms with van der Waals surface area (Å²) < 4.78 is 11.2. The van der Waals surface area contributed by atoms with Crippen LogP contribution < -0.4 is 10.6 Å². The van der Waals surface area contributed by atoms with Crippen molar-refractivity contribution in [1.82, 2.24) is 15.5 Å². The zero-order valence-corrected chi connectivity index (χ0v) is 17.4. The number of morpholine rings is 1. The maximum atomic E-state index is 12.3. The average Bonchev–Trinajstić information content (AvgIpc) is 2.76. The number of hydrogen-bond acceptors (Lipinski definition) is 6. The Morgan fingerprint density at radius 2 is 1.87 bits per heavy atom. The van der Waals surface area contributed by atoms with E-state index in [0.717, 1.165) is 19.5 Å². The van der Waals surface area contributed by atoms with Crippen LogP contribution in [0.4, 0.5) is 0 Å². The summed E-state index contributed by atoms with van der Waals surface area (Å²) in [4.78, 5) is 26.6. The summed E-state index contributed by atoms with van der Waals surface area (Å²) in [5.41, 5.74) is 1.18. The number of nitrogens with zero attached hydrogens (tertiary/aromatic N) is 1.